The topological polar surface area (TPSA) is 38.7 Å². The predicted octanol–water partition coefficient (Wildman–Crippen LogP) is 4.38. The van der Waals surface area contributed by atoms with Crippen LogP contribution in [0.25, 0.3) is 0 Å². The van der Waals surface area contributed by atoms with Gasteiger partial charge in [-0.3, -0.25) is 0 Å². The van der Waals surface area contributed by atoms with E-state index in [9.17, 15) is 5.11 Å². The molecule has 3 nitrogen and oxygen atoms in total. The molecule has 0 aliphatic carbocycles. The number of rotatable bonds is 10. The normalized spacial score (nSPS) is 14.6. The van der Waals surface area contributed by atoms with E-state index in [-0.39, 0.29) is 12.9 Å². The van der Waals surface area contributed by atoms with Gasteiger partial charge in [-0.15, -0.1) is 0 Å². The van der Waals surface area contributed by atoms with Crippen LogP contribution in [0.4, 0.5) is 0 Å². The van der Waals surface area contributed by atoms with E-state index in [1.165, 1.54) is 0 Å². The van der Waals surface area contributed by atoms with E-state index in [1.807, 2.05) is 37.3 Å². The second-order valence-corrected chi connectivity index (χ2v) is 12.6. The Labute approximate surface area is 136 Å². The summed E-state index contributed by atoms with van der Waals surface area (Å²) >= 11 is 0. The first-order valence-electron chi connectivity index (χ1n) is 7.89. The second-order valence-electron chi connectivity index (χ2n) is 6.93. The first kappa shape index (κ1) is 19.1. The van der Waals surface area contributed by atoms with Crippen molar-refractivity contribution in [2.75, 3.05) is 13.4 Å². The van der Waals surface area contributed by atoms with Crippen molar-refractivity contribution in [3.8, 4) is 0 Å². The molecule has 2 atom stereocenters. The van der Waals surface area contributed by atoms with Crippen LogP contribution in [-0.4, -0.2) is 32.7 Å². The van der Waals surface area contributed by atoms with Crippen LogP contribution in [-0.2, 0) is 9.47 Å². The molecule has 0 amide bonds. The third-order valence-electron chi connectivity index (χ3n) is 3.61. The minimum absolute atomic E-state index is 0.120. The van der Waals surface area contributed by atoms with Crippen molar-refractivity contribution in [1.29, 1.82) is 0 Å². The van der Waals surface area contributed by atoms with Crippen molar-refractivity contribution < 1.29 is 14.6 Å². The van der Waals surface area contributed by atoms with Gasteiger partial charge in [-0.05, 0) is 24.1 Å². The summed E-state index contributed by atoms with van der Waals surface area (Å²) in [4.78, 5) is 0. The maximum atomic E-state index is 10.2. The van der Waals surface area contributed by atoms with Crippen molar-refractivity contribution >= 4 is 8.07 Å². The van der Waals surface area contributed by atoms with Crippen LogP contribution in [0.2, 0.25) is 25.7 Å². The summed E-state index contributed by atoms with van der Waals surface area (Å²) in [6, 6.07) is 10.8. The molecular formula is C18H30O3Si. The van der Waals surface area contributed by atoms with Crippen LogP contribution < -0.4 is 0 Å². The van der Waals surface area contributed by atoms with E-state index in [2.05, 4.69) is 26.2 Å². The van der Waals surface area contributed by atoms with Gasteiger partial charge in [0, 0.05) is 21.1 Å². The molecule has 0 radical (unpaired) electrons. The number of hydrogen-bond donors (Lipinski definition) is 1. The first-order valence-corrected chi connectivity index (χ1v) is 11.6. The predicted molar refractivity (Wildman–Crippen MR) is 94.7 cm³/mol. The highest BCUT2D eigenvalue weighted by atomic mass is 28.3. The number of hydrogen-bond acceptors (Lipinski definition) is 3. The molecule has 1 rings (SSSR count). The Kier molecular flexibility index (Phi) is 8.04. The van der Waals surface area contributed by atoms with E-state index in [4.69, 9.17) is 9.47 Å². The molecule has 1 N–H and O–H groups in total. The van der Waals surface area contributed by atoms with Crippen LogP contribution in [0.15, 0.2) is 42.5 Å². The Hall–Kier alpha value is -0.943. The lowest BCUT2D eigenvalue weighted by molar-refractivity contribution is -0.0712. The van der Waals surface area contributed by atoms with Gasteiger partial charge < -0.3 is 14.6 Å². The average Bonchev–Trinajstić information content (AvgIpc) is 2.46. The Bertz CT molecular complexity index is 439. The summed E-state index contributed by atoms with van der Waals surface area (Å²) in [5, 5.41) is 10.2. The molecule has 0 unspecified atom stereocenters. The molecule has 0 bridgehead atoms. The van der Waals surface area contributed by atoms with Gasteiger partial charge in [-0.1, -0.05) is 56.6 Å². The molecule has 4 heteroatoms. The largest absolute Gasteiger partial charge is 0.388 e. The highest BCUT2D eigenvalue weighted by Crippen LogP contribution is 2.22. The average molecular weight is 323 g/mol. The lowest BCUT2D eigenvalue weighted by Gasteiger charge is -2.20. The van der Waals surface area contributed by atoms with Gasteiger partial charge in [0.2, 0.25) is 0 Å². The van der Waals surface area contributed by atoms with Crippen LogP contribution >= 0.6 is 0 Å². The molecule has 0 aliphatic heterocycles. The second kappa shape index (κ2) is 9.25. The third-order valence-corrected chi connectivity index (χ3v) is 5.32. The highest BCUT2D eigenvalue weighted by Gasteiger charge is 2.15. The van der Waals surface area contributed by atoms with Crippen molar-refractivity contribution in [3.05, 3.63) is 48.0 Å². The van der Waals surface area contributed by atoms with Crippen LogP contribution in [0.1, 0.15) is 25.0 Å². The number of benzene rings is 1. The van der Waals surface area contributed by atoms with Crippen molar-refractivity contribution in [2.24, 2.45) is 0 Å². The van der Waals surface area contributed by atoms with E-state index >= 15 is 0 Å². The van der Waals surface area contributed by atoms with Gasteiger partial charge in [-0.25, -0.2) is 0 Å². The van der Waals surface area contributed by atoms with E-state index < -0.39 is 14.2 Å². The molecule has 0 aromatic heterocycles. The Morgan fingerprint density at radius 3 is 2.45 bits per heavy atom. The van der Waals surface area contributed by atoms with Crippen molar-refractivity contribution in [2.45, 2.75) is 51.2 Å². The number of aliphatic hydroxyl groups is 1. The van der Waals surface area contributed by atoms with Crippen LogP contribution in [0.5, 0.6) is 0 Å². The highest BCUT2D eigenvalue weighted by molar-refractivity contribution is 6.76. The Balaban J connectivity index is 2.25. The molecule has 0 aliphatic rings. The van der Waals surface area contributed by atoms with Gasteiger partial charge >= 0.3 is 0 Å². The van der Waals surface area contributed by atoms with Gasteiger partial charge in [0.1, 0.15) is 6.79 Å². The molecule has 0 fully saturated rings. The SMILES string of the molecule is C=C(C[C@H](O)c1ccccc1)[C@H](C)OCOCC[Si](C)(C)C. The molecule has 0 heterocycles. The van der Waals surface area contributed by atoms with Crippen molar-refractivity contribution in [1.82, 2.24) is 0 Å². The summed E-state index contributed by atoms with van der Waals surface area (Å²) in [5.41, 5.74) is 1.78. The zero-order valence-corrected chi connectivity index (χ0v) is 15.3. The number of aliphatic hydroxyl groups excluding tert-OH is 1. The summed E-state index contributed by atoms with van der Waals surface area (Å²) in [7, 11) is -1.05. The maximum Gasteiger partial charge on any atom is 0.147 e. The zero-order valence-electron chi connectivity index (χ0n) is 14.3. The quantitative estimate of drug-likeness (QED) is 0.301. The molecule has 1 aromatic rings. The smallest absolute Gasteiger partial charge is 0.147 e. The maximum absolute atomic E-state index is 10.2. The summed E-state index contributed by atoms with van der Waals surface area (Å²) in [6.45, 7) is 14.0. The van der Waals surface area contributed by atoms with Gasteiger partial charge in [0.25, 0.3) is 0 Å². The van der Waals surface area contributed by atoms with E-state index in [0.29, 0.717) is 6.42 Å². The molecule has 1 aromatic carbocycles. The summed E-state index contributed by atoms with van der Waals surface area (Å²) < 4.78 is 11.2. The van der Waals surface area contributed by atoms with Gasteiger partial charge in [-0.2, -0.15) is 0 Å². The zero-order chi connectivity index (χ0) is 16.6. The lowest BCUT2D eigenvalue weighted by Crippen LogP contribution is -2.22. The molecule has 0 spiro atoms. The van der Waals surface area contributed by atoms with E-state index in [1.54, 1.807) is 0 Å². The Morgan fingerprint density at radius 1 is 1.23 bits per heavy atom. The van der Waals surface area contributed by atoms with Gasteiger partial charge in [0.05, 0.1) is 12.2 Å². The Morgan fingerprint density at radius 2 is 1.86 bits per heavy atom. The fraction of sp³-hybridized carbons (Fsp3) is 0.556. The molecular weight excluding hydrogens is 292 g/mol. The minimum Gasteiger partial charge on any atom is -0.388 e. The van der Waals surface area contributed by atoms with Gasteiger partial charge in [0.15, 0.2) is 0 Å². The van der Waals surface area contributed by atoms with Crippen molar-refractivity contribution in [3.63, 3.8) is 0 Å². The first-order chi connectivity index (χ1) is 10.3. The minimum atomic E-state index is -1.05. The monoisotopic (exact) mass is 322 g/mol. The lowest BCUT2D eigenvalue weighted by atomic mass is 10.00. The fourth-order valence-electron chi connectivity index (χ4n) is 1.91. The summed E-state index contributed by atoms with van der Waals surface area (Å²) in [5.74, 6) is 0. The molecule has 0 saturated heterocycles. The number of ether oxygens (including phenoxy) is 2. The molecule has 22 heavy (non-hydrogen) atoms. The third kappa shape index (κ3) is 7.89. The van der Waals surface area contributed by atoms with Crippen LogP contribution in [0, 0.1) is 0 Å². The summed E-state index contributed by atoms with van der Waals surface area (Å²) in [6.07, 6.45) is -0.155. The standard InChI is InChI=1S/C18H30O3Si/c1-15(13-18(19)17-9-7-6-8-10-17)16(2)21-14-20-11-12-22(3,4)5/h6-10,16,18-19H,1,11-14H2,2-5H3/t16-,18-/m0/s1. The fourth-order valence-corrected chi connectivity index (χ4v) is 2.67. The molecule has 124 valence electrons. The van der Waals surface area contributed by atoms with E-state index in [0.717, 1.165) is 23.8 Å². The van der Waals surface area contributed by atoms with Crippen LogP contribution in [0.3, 0.4) is 0 Å². The molecule has 0 saturated carbocycles.